The Balaban J connectivity index is 1.98. The van der Waals surface area contributed by atoms with Crippen LogP contribution in [0.25, 0.3) is 0 Å². The Bertz CT molecular complexity index is 582. The molecule has 6 nitrogen and oxygen atoms in total. The van der Waals surface area contributed by atoms with Gasteiger partial charge < -0.3 is 16.0 Å². The minimum Gasteiger partial charge on any atom is -0.369 e. The topological polar surface area (TPSA) is 78.7 Å². The van der Waals surface area contributed by atoms with Gasteiger partial charge in [-0.15, -0.1) is 0 Å². The summed E-state index contributed by atoms with van der Waals surface area (Å²) < 4.78 is 0. The fourth-order valence-corrected chi connectivity index (χ4v) is 3.38. The van der Waals surface area contributed by atoms with E-state index < -0.39 is 0 Å². The number of nitrogens with one attached hydrogen (secondary N) is 1. The lowest BCUT2D eigenvalue weighted by Crippen LogP contribution is -2.47. The molecule has 2 rings (SSSR count). The molecule has 0 spiro atoms. The molecule has 0 aliphatic carbocycles. The highest BCUT2D eigenvalue weighted by molar-refractivity contribution is 5.77. The summed E-state index contributed by atoms with van der Waals surface area (Å²) in [7, 11) is 0. The monoisotopic (exact) mass is 360 g/mol. The highest BCUT2D eigenvalue weighted by Gasteiger charge is 2.21. The average molecular weight is 361 g/mol. The van der Waals surface area contributed by atoms with Crippen molar-refractivity contribution in [1.29, 1.82) is 0 Å². The quantitative estimate of drug-likeness (QED) is 0.696. The van der Waals surface area contributed by atoms with Crippen molar-refractivity contribution in [2.24, 2.45) is 5.73 Å². The van der Waals surface area contributed by atoms with Gasteiger partial charge in [0.15, 0.2) is 0 Å². The lowest BCUT2D eigenvalue weighted by atomic mass is 10.0. The van der Waals surface area contributed by atoms with Crippen LogP contribution in [0, 0.1) is 0 Å². The first-order valence-electron chi connectivity index (χ1n) is 9.61. The van der Waals surface area contributed by atoms with Gasteiger partial charge in [-0.2, -0.15) is 0 Å². The number of hydrogen-bond donors (Lipinski definition) is 2. The molecule has 1 aromatic rings. The third kappa shape index (κ3) is 6.11. The van der Waals surface area contributed by atoms with Gasteiger partial charge in [0, 0.05) is 45.2 Å². The predicted octanol–water partition coefficient (Wildman–Crippen LogP) is 1.31. The molecule has 0 aromatic heterocycles. The summed E-state index contributed by atoms with van der Waals surface area (Å²) in [5, 5.41) is 3.25. The van der Waals surface area contributed by atoms with Crippen LogP contribution in [0.1, 0.15) is 43.9 Å². The van der Waals surface area contributed by atoms with Crippen LogP contribution < -0.4 is 11.1 Å². The van der Waals surface area contributed by atoms with E-state index in [0.717, 1.165) is 44.6 Å². The van der Waals surface area contributed by atoms with Gasteiger partial charge in [-0.3, -0.25) is 14.5 Å². The van der Waals surface area contributed by atoms with Gasteiger partial charge in [0.25, 0.3) is 0 Å². The van der Waals surface area contributed by atoms with E-state index in [2.05, 4.69) is 43.4 Å². The summed E-state index contributed by atoms with van der Waals surface area (Å²) in [4.78, 5) is 27.8. The van der Waals surface area contributed by atoms with Gasteiger partial charge in [0.2, 0.25) is 11.8 Å². The van der Waals surface area contributed by atoms with Gasteiger partial charge in [-0.05, 0) is 24.5 Å². The van der Waals surface area contributed by atoms with Crippen LogP contribution >= 0.6 is 0 Å². The van der Waals surface area contributed by atoms with E-state index in [1.165, 1.54) is 5.56 Å². The van der Waals surface area contributed by atoms with Gasteiger partial charge in [-0.1, -0.05) is 37.6 Å². The highest BCUT2D eigenvalue weighted by atomic mass is 16.2. The van der Waals surface area contributed by atoms with Crippen LogP contribution in [-0.4, -0.2) is 60.9 Å². The maximum atomic E-state index is 12.4. The first-order chi connectivity index (χ1) is 12.5. The second kappa shape index (κ2) is 10.3. The fraction of sp³-hybridized carbons (Fsp3) is 0.600. The minimum atomic E-state index is -0.367. The number of carbonyl (C=O) groups is 2. The number of primary amides is 1. The second-order valence-corrected chi connectivity index (χ2v) is 6.99. The van der Waals surface area contributed by atoms with Crippen LogP contribution in [0.5, 0.6) is 0 Å². The van der Waals surface area contributed by atoms with Crippen LogP contribution in [0.4, 0.5) is 0 Å². The lowest BCUT2D eigenvalue weighted by Gasteiger charge is -2.31. The number of carbonyl (C=O) groups excluding carboxylic acids is 2. The van der Waals surface area contributed by atoms with Gasteiger partial charge in [0.1, 0.15) is 0 Å². The van der Waals surface area contributed by atoms with Crippen LogP contribution in [0.3, 0.4) is 0 Å². The molecule has 1 aliphatic heterocycles. The number of rotatable bonds is 9. The molecule has 3 N–H and O–H groups in total. The van der Waals surface area contributed by atoms with Gasteiger partial charge in [-0.25, -0.2) is 0 Å². The van der Waals surface area contributed by atoms with Crippen molar-refractivity contribution in [2.75, 3.05) is 39.3 Å². The Labute approximate surface area is 156 Å². The largest absolute Gasteiger partial charge is 0.369 e. The van der Waals surface area contributed by atoms with Gasteiger partial charge >= 0.3 is 0 Å². The number of nitrogens with two attached hydrogens (primary N) is 1. The van der Waals surface area contributed by atoms with Crippen molar-refractivity contribution in [2.45, 2.75) is 39.2 Å². The van der Waals surface area contributed by atoms with Crippen LogP contribution in [-0.2, 0) is 16.0 Å². The maximum absolute atomic E-state index is 12.4. The fourth-order valence-electron chi connectivity index (χ4n) is 3.38. The molecule has 1 atom stereocenters. The van der Waals surface area contributed by atoms with E-state index in [1.54, 1.807) is 0 Å². The number of benzene rings is 1. The molecule has 0 radical (unpaired) electrons. The van der Waals surface area contributed by atoms with E-state index in [9.17, 15) is 9.59 Å². The zero-order chi connectivity index (χ0) is 18.9. The Hall–Kier alpha value is -1.92. The highest BCUT2D eigenvalue weighted by Crippen LogP contribution is 2.21. The Morgan fingerprint density at radius 3 is 2.46 bits per heavy atom. The molecular weight excluding hydrogens is 328 g/mol. The Kier molecular flexibility index (Phi) is 8.06. The maximum Gasteiger partial charge on any atom is 0.231 e. The van der Waals surface area contributed by atoms with Gasteiger partial charge in [0.05, 0.1) is 6.54 Å². The van der Waals surface area contributed by atoms with E-state index in [4.69, 9.17) is 5.73 Å². The van der Waals surface area contributed by atoms with Crippen LogP contribution in [0.2, 0.25) is 0 Å². The third-order valence-electron chi connectivity index (χ3n) is 4.99. The summed E-state index contributed by atoms with van der Waals surface area (Å²) in [6, 6.07) is 8.55. The molecule has 1 heterocycles. The lowest BCUT2D eigenvalue weighted by molar-refractivity contribution is -0.132. The smallest absolute Gasteiger partial charge is 0.231 e. The number of amides is 2. The first-order valence-corrected chi connectivity index (χ1v) is 9.61. The van der Waals surface area contributed by atoms with Crippen molar-refractivity contribution >= 4 is 11.8 Å². The molecule has 1 unspecified atom stereocenters. The zero-order valence-electron chi connectivity index (χ0n) is 16.0. The molecule has 0 bridgehead atoms. The molecule has 2 amide bonds. The molecule has 1 aromatic carbocycles. The Morgan fingerprint density at radius 1 is 1.23 bits per heavy atom. The molecule has 1 saturated heterocycles. The van der Waals surface area contributed by atoms with Crippen molar-refractivity contribution < 1.29 is 9.59 Å². The molecular formula is C20H32N4O2. The number of piperazine rings is 1. The summed E-state index contributed by atoms with van der Waals surface area (Å²) in [5.41, 5.74) is 7.90. The van der Waals surface area contributed by atoms with E-state index in [1.807, 2.05) is 9.80 Å². The zero-order valence-corrected chi connectivity index (χ0v) is 16.0. The predicted molar refractivity (Wildman–Crippen MR) is 104 cm³/mol. The van der Waals surface area contributed by atoms with Crippen molar-refractivity contribution in [1.82, 2.24) is 15.1 Å². The van der Waals surface area contributed by atoms with E-state index >= 15 is 0 Å². The average Bonchev–Trinajstić information content (AvgIpc) is 2.65. The molecule has 1 aliphatic rings. The summed E-state index contributed by atoms with van der Waals surface area (Å²) in [5.74, 6) is -0.222. The van der Waals surface area contributed by atoms with Crippen molar-refractivity contribution in [3.8, 4) is 0 Å². The number of aryl methyl sites for hydroxylation is 1. The summed E-state index contributed by atoms with van der Waals surface area (Å²) in [6.45, 7) is 8.12. The molecule has 6 heteroatoms. The second-order valence-electron chi connectivity index (χ2n) is 6.99. The van der Waals surface area contributed by atoms with E-state index in [-0.39, 0.29) is 24.4 Å². The van der Waals surface area contributed by atoms with E-state index in [0.29, 0.717) is 13.0 Å². The van der Waals surface area contributed by atoms with Crippen molar-refractivity contribution in [3.63, 3.8) is 0 Å². The summed E-state index contributed by atoms with van der Waals surface area (Å²) in [6.07, 6.45) is 2.60. The molecule has 144 valence electrons. The number of nitrogens with zero attached hydrogens (tertiary/aromatic N) is 2. The molecule has 1 fully saturated rings. The third-order valence-corrected chi connectivity index (χ3v) is 4.99. The van der Waals surface area contributed by atoms with Crippen molar-refractivity contribution in [3.05, 3.63) is 35.4 Å². The normalized spacial score (nSPS) is 15.9. The minimum absolute atomic E-state index is 0.0361. The summed E-state index contributed by atoms with van der Waals surface area (Å²) >= 11 is 0. The molecule has 26 heavy (non-hydrogen) atoms. The SMILES string of the molecule is CCCc1ccc(C(C)N(CCC(=O)N2CCNCC2)CC(N)=O)cc1. The standard InChI is InChI=1S/C20H32N4O2/c1-3-4-17-5-7-18(8-6-17)16(2)24(15-19(21)25)12-9-20(26)23-13-10-22-11-14-23/h5-8,16,22H,3-4,9-15H2,1-2H3,(H2,21,25). The molecule has 0 saturated carbocycles. The Morgan fingerprint density at radius 2 is 1.88 bits per heavy atom. The van der Waals surface area contributed by atoms with Crippen LogP contribution in [0.15, 0.2) is 24.3 Å². The first kappa shape index (κ1) is 20.4. The number of hydrogen-bond acceptors (Lipinski definition) is 4.